The molecule has 96 valence electrons. The van der Waals surface area contributed by atoms with E-state index in [1.807, 2.05) is 0 Å². The molecule has 0 heterocycles. The molecular formula is C15H20N2O. The van der Waals surface area contributed by atoms with Gasteiger partial charge < -0.3 is 10.6 Å². The van der Waals surface area contributed by atoms with Crippen molar-refractivity contribution in [2.45, 2.75) is 44.2 Å². The van der Waals surface area contributed by atoms with Gasteiger partial charge in [-0.1, -0.05) is 24.3 Å². The first-order chi connectivity index (χ1) is 8.81. The van der Waals surface area contributed by atoms with Crippen molar-refractivity contribution >= 4 is 5.91 Å². The summed E-state index contributed by atoms with van der Waals surface area (Å²) >= 11 is 0. The maximum absolute atomic E-state index is 11.5. The molecule has 1 aromatic rings. The minimum Gasteiger partial charge on any atom is -0.352 e. The first-order valence-corrected chi connectivity index (χ1v) is 6.90. The zero-order valence-electron chi connectivity index (χ0n) is 10.6. The van der Waals surface area contributed by atoms with Gasteiger partial charge in [-0.15, -0.1) is 0 Å². The zero-order valence-corrected chi connectivity index (χ0v) is 10.6. The van der Waals surface area contributed by atoms with E-state index in [1.165, 1.54) is 24.0 Å². The van der Waals surface area contributed by atoms with Crippen molar-refractivity contribution in [2.75, 3.05) is 6.54 Å². The highest BCUT2D eigenvalue weighted by atomic mass is 16.2. The Kier molecular flexibility index (Phi) is 3.33. The van der Waals surface area contributed by atoms with Gasteiger partial charge >= 0.3 is 0 Å². The van der Waals surface area contributed by atoms with Gasteiger partial charge in [-0.3, -0.25) is 4.79 Å². The highest BCUT2D eigenvalue weighted by Crippen LogP contribution is 2.39. The first kappa shape index (κ1) is 11.7. The summed E-state index contributed by atoms with van der Waals surface area (Å²) in [5.74, 6) is 0.934. The predicted molar refractivity (Wildman–Crippen MR) is 71.3 cm³/mol. The van der Waals surface area contributed by atoms with Crippen molar-refractivity contribution in [1.82, 2.24) is 10.6 Å². The molecule has 3 nitrogen and oxygen atoms in total. The average molecular weight is 244 g/mol. The molecule has 0 bridgehead atoms. The maximum atomic E-state index is 11.5. The van der Waals surface area contributed by atoms with Crippen LogP contribution in [0, 0.1) is 0 Å². The normalized spacial score (nSPS) is 18.7. The van der Waals surface area contributed by atoms with Gasteiger partial charge in [0.1, 0.15) is 0 Å². The minimum absolute atomic E-state index is 0.118. The van der Waals surface area contributed by atoms with Crippen LogP contribution >= 0.6 is 0 Å². The SMILES string of the molecule is O=C(CNCc1ccc(C2CC2)cc1)NC1CC1. The lowest BCUT2D eigenvalue weighted by Gasteiger charge is -2.06. The molecule has 1 aromatic carbocycles. The summed E-state index contributed by atoms with van der Waals surface area (Å²) in [5.41, 5.74) is 2.71. The van der Waals surface area contributed by atoms with E-state index in [-0.39, 0.29) is 5.91 Å². The van der Waals surface area contributed by atoms with Crippen LogP contribution in [0.2, 0.25) is 0 Å². The largest absolute Gasteiger partial charge is 0.352 e. The third-order valence-electron chi connectivity index (χ3n) is 3.59. The van der Waals surface area contributed by atoms with Crippen LogP contribution in [0.5, 0.6) is 0 Å². The molecule has 1 amide bonds. The van der Waals surface area contributed by atoms with Crippen molar-refractivity contribution in [2.24, 2.45) is 0 Å². The molecule has 2 N–H and O–H groups in total. The molecule has 0 aliphatic heterocycles. The summed E-state index contributed by atoms with van der Waals surface area (Å²) in [7, 11) is 0. The number of carbonyl (C=O) groups excluding carboxylic acids is 1. The third kappa shape index (κ3) is 3.33. The van der Waals surface area contributed by atoms with Crippen LogP contribution < -0.4 is 10.6 Å². The van der Waals surface area contributed by atoms with Crippen molar-refractivity contribution in [3.8, 4) is 0 Å². The minimum atomic E-state index is 0.118. The summed E-state index contributed by atoms with van der Waals surface area (Å²) in [6.07, 6.45) is 4.99. The van der Waals surface area contributed by atoms with Crippen LogP contribution in [0.15, 0.2) is 24.3 Å². The monoisotopic (exact) mass is 244 g/mol. The molecule has 2 saturated carbocycles. The summed E-state index contributed by atoms with van der Waals surface area (Å²) < 4.78 is 0. The fourth-order valence-electron chi connectivity index (χ4n) is 2.15. The van der Waals surface area contributed by atoms with Gasteiger partial charge in [0.2, 0.25) is 5.91 Å². The second-order valence-electron chi connectivity index (χ2n) is 5.46. The van der Waals surface area contributed by atoms with Crippen LogP contribution in [0.25, 0.3) is 0 Å². The number of rotatable bonds is 6. The van der Waals surface area contributed by atoms with Gasteiger partial charge in [-0.05, 0) is 42.7 Å². The van der Waals surface area contributed by atoms with Gasteiger partial charge in [0.15, 0.2) is 0 Å². The molecular weight excluding hydrogens is 224 g/mol. The van der Waals surface area contributed by atoms with Gasteiger partial charge in [0.05, 0.1) is 6.54 Å². The first-order valence-electron chi connectivity index (χ1n) is 6.90. The van der Waals surface area contributed by atoms with E-state index >= 15 is 0 Å². The number of benzene rings is 1. The van der Waals surface area contributed by atoms with E-state index in [2.05, 4.69) is 34.9 Å². The summed E-state index contributed by atoms with van der Waals surface area (Å²) in [6, 6.07) is 9.23. The van der Waals surface area contributed by atoms with E-state index in [1.54, 1.807) is 0 Å². The van der Waals surface area contributed by atoms with Gasteiger partial charge in [-0.25, -0.2) is 0 Å². The Morgan fingerprint density at radius 3 is 2.44 bits per heavy atom. The Labute approximate surface area is 108 Å². The van der Waals surface area contributed by atoms with Gasteiger partial charge in [-0.2, -0.15) is 0 Å². The summed E-state index contributed by atoms with van der Waals surface area (Å²) in [6.45, 7) is 1.18. The topological polar surface area (TPSA) is 41.1 Å². The molecule has 0 aromatic heterocycles. The number of carbonyl (C=O) groups is 1. The van der Waals surface area contributed by atoms with E-state index in [4.69, 9.17) is 0 Å². The highest BCUT2D eigenvalue weighted by Gasteiger charge is 2.23. The molecule has 0 saturated heterocycles. The molecule has 0 unspecified atom stereocenters. The van der Waals surface area contributed by atoms with Crippen LogP contribution in [-0.4, -0.2) is 18.5 Å². The Hall–Kier alpha value is -1.35. The number of hydrogen-bond donors (Lipinski definition) is 2. The third-order valence-corrected chi connectivity index (χ3v) is 3.59. The van der Waals surface area contributed by atoms with E-state index in [0.29, 0.717) is 12.6 Å². The van der Waals surface area contributed by atoms with E-state index < -0.39 is 0 Å². The van der Waals surface area contributed by atoms with E-state index in [9.17, 15) is 4.79 Å². The lowest BCUT2D eigenvalue weighted by atomic mass is 10.1. The Balaban J connectivity index is 1.40. The molecule has 2 aliphatic rings. The molecule has 0 radical (unpaired) electrons. The molecule has 2 aliphatic carbocycles. The average Bonchev–Trinajstić information content (AvgIpc) is 3.24. The molecule has 2 fully saturated rings. The molecule has 3 rings (SSSR count). The Morgan fingerprint density at radius 2 is 1.83 bits per heavy atom. The Morgan fingerprint density at radius 1 is 1.11 bits per heavy atom. The Bertz CT molecular complexity index is 419. The van der Waals surface area contributed by atoms with Crippen molar-refractivity contribution in [3.63, 3.8) is 0 Å². The van der Waals surface area contributed by atoms with Crippen LogP contribution in [0.4, 0.5) is 0 Å². The van der Waals surface area contributed by atoms with Crippen LogP contribution in [-0.2, 0) is 11.3 Å². The van der Waals surface area contributed by atoms with Crippen LogP contribution in [0.1, 0.15) is 42.7 Å². The number of nitrogens with one attached hydrogen (secondary N) is 2. The lowest BCUT2D eigenvalue weighted by molar-refractivity contribution is -0.120. The molecule has 3 heteroatoms. The smallest absolute Gasteiger partial charge is 0.234 e. The molecule has 0 atom stereocenters. The van der Waals surface area contributed by atoms with Crippen molar-refractivity contribution in [1.29, 1.82) is 0 Å². The highest BCUT2D eigenvalue weighted by molar-refractivity contribution is 5.78. The number of amides is 1. The lowest BCUT2D eigenvalue weighted by Crippen LogP contribution is -2.34. The summed E-state index contributed by atoms with van der Waals surface area (Å²) in [5, 5.41) is 6.16. The fourth-order valence-corrected chi connectivity index (χ4v) is 2.15. The van der Waals surface area contributed by atoms with Crippen LogP contribution in [0.3, 0.4) is 0 Å². The summed E-state index contributed by atoms with van der Waals surface area (Å²) in [4.78, 5) is 11.5. The predicted octanol–water partition coefficient (Wildman–Crippen LogP) is 1.93. The quantitative estimate of drug-likeness (QED) is 0.803. The second-order valence-corrected chi connectivity index (χ2v) is 5.46. The van der Waals surface area contributed by atoms with E-state index in [0.717, 1.165) is 25.3 Å². The van der Waals surface area contributed by atoms with Gasteiger partial charge in [0, 0.05) is 12.6 Å². The fraction of sp³-hybridized carbons (Fsp3) is 0.533. The van der Waals surface area contributed by atoms with Crippen molar-refractivity contribution < 1.29 is 4.79 Å². The standard InChI is InChI=1S/C15H20N2O/c18-15(17-14-7-8-14)10-16-9-11-1-3-12(4-2-11)13-5-6-13/h1-4,13-14,16H,5-10H2,(H,17,18). The van der Waals surface area contributed by atoms with Gasteiger partial charge in [0.25, 0.3) is 0 Å². The second kappa shape index (κ2) is 5.11. The molecule has 18 heavy (non-hydrogen) atoms. The van der Waals surface area contributed by atoms with Crippen molar-refractivity contribution in [3.05, 3.63) is 35.4 Å². The maximum Gasteiger partial charge on any atom is 0.234 e. The zero-order chi connectivity index (χ0) is 12.4. The molecule has 0 spiro atoms. The number of hydrogen-bond acceptors (Lipinski definition) is 2.